The van der Waals surface area contributed by atoms with Crippen LogP contribution < -0.4 is 5.32 Å². The molecule has 0 unspecified atom stereocenters. The lowest BCUT2D eigenvalue weighted by atomic mass is 10.1. The van der Waals surface area contributed by atoms with Gasteiger partial charge in [0.2, 0.25) is 0 Å². The SMILES string of the molecule is CCCN(/C=C(/C#N)C(=O)Nc1ccc(C(C)=O)cc1)CCC. The Morgan fingerprint density at radius 3 is 2.17 bits per heavy atom. The average Bonchev–Trinajstić information content (AvgIpc) is 2.53. The van der Waals surface area contributed by atoms with E-state index in [1.807, 2.05) is 11.0 Å². The maximum atomic E-state index is 12.2. The monoisotopic (exact) mass is 313 g/mol. The van der Waals surface area contributed by atoms with E-state index >= 15 is 0 Å². The second kappa shape index (κ2) is 9.42. The molecule has 1 aromatic carbocycles. The molecule has 0 saturated heterocycles. The molecule has 1 amide bonds. The summed E-state index contributed by atoms with van der Waals surface area (Å²) in [6.45, 7) is 7.21. The zero-order valence-corrected chi connectivity index (χ0v) is 13.9. The fraction of sp³-hybridized carbons (Fsp3) is 0.389. The van der Waals surface area contributed by atoms with E-state index < -0.39 is 5.91 Å². The topological polar surface area (TPSA) is 73.2 Å². The number of carbonyl (C=O) groups excluding carboxylic acids is 2. The van der Waals surface area contributed by atoms with Gasteiger partial charge in [-0.1, -0.05) is 13.8 Å². The largest absolute Gasteiger partial charge is 0.376 e. The van der Waals surface area contributed by atoms with Crippen molar-refractivity contribution in [3.8, 4) is 6.07 Å². The van der Waals surface area contributed by atoms with Crippen molar-refractivity contribution in [1.82, 2.24) is 4.90 Å². The standard InChI is InChI=1S/C18H23N3O2/c1-4-10-21(11-5-2)13-16(12-19)18(23)20-17-8-6-15(7-9-17)14(3)22/h6-9,13H,4-5,10-11H2,1-3H3,(H,20,23)/b16-13-. The highest BCUT2D eigenvalue weighted by Gasteiger charge is 2.11. The number of Topliss-reactive ketones (excluding diaryl/α,β-unsaturated/α-hetero) is 1. The van der Waals surface area contributed by atoms with Crippen LogP contribution in [0.5, 0.6) is 0 Å². The third kappa shape index (κ3) is 5.95. The number of nitrogens with one attached hydrogen (secondary N) is 1. The normalized spacial score (nSPS) is 10.8. The van der Waals surface area contributed by atoms with Crippen molar-refractivity contribution < 1.29 is 9.59 Å². The summed E-state index contributed by atoms with van der Waals surface area (Å²) < 4.78 is 0. The number of hydrogen-bond acceptors (Lipinski definition) is 4. The maximum absolute atomic E-state index is 12.2. The van der Waals surface area contributed by atoms with Crippen LogP contribution in [0.15, 0.2) is 36.0 Å². The summed E-state index contributed by atoms with van der Waals surface area (Å²) in [6, 6.07) is 8.55. The average molecular weight is 313 g/mol. The smallest absolute Gasteiger partial charge is 0.267 e. The highest BCUT2D eigenvalue weighted by atomic mass is 16.1. The van der Waals surface area contributed by atoms with E-state index in [1.54, 1.807) is 30.5 Å². The van der Waals surface area contributed by atoms with Crippen molar-refractivity contribution in [3.05, 3.63) is 41.6 Å². The lowest BCUT2D eigenvalue weighted by molar-refractivity contribution is -0.112. The molecule has 0 atom stereocenters. The number of benzene rings is 1. The first-order valence-corrected chi connectivity index (χ1v) is 7.80. The van der Waals surface area contributed by atoms with Gasteiger partial charge in [-0.2, -0.15) is 5.26 Å². The first kappa shape index (κ1) is 18.4. The van der Waals surface area contributed by atoms with E-state index in [9.17, 15) is 14.9 Å². The molecule has 5 nitrogen and oxygen atoms in total. The predicted octanol–water partition coefficient (Wildman–Crippen LogP) is 3.36. The van der Waals surface area contributed by atoms with Gasteiger partial charge >= 0.3 is 0 Å². The van der Waals surface area contributed by atoms with Crippen molar-refractivity contribution in [1.29, 1.82) is 5.26 Å². The molecular weight excluding hydrogens is 290 g/mol. The Kier molecular flexibility index (Phi) is 7.55. The zero-order valence-electron chi connectivity index (χ0n) is 13.9. The third-order valence-corrected chi connectivity index (χ3v) is 3.25. The van der Waals surface area contributed by atoms with Crippen LogP contribution in [0.4, 0.5) is 5.69 Å². The van der Waals surface area contributed by atoms with Gasteiger partial charge in [0.1, 0.15) is 11.6 Å². The summed E-state index contributed by atoms with van der Waals surface area (Å²) in [5.41, 5.74) is 1.21. The number of rotatable bonds is 8. The summed E-state index contributed by atoms with van der Waals surface area (Å²) in [7, 11) is 0. The second-order valence-corrected chi connectivity index (χ2v) is 5.28. The van der Waals surface area contributed by atoms with Gasteiger partial charge in [-0.25, -0.2) is 0 Å². The number of nitrogens with zero attached hydrogens (tertiary/aromatic N) is 2. The van der Waals surface area contributed by atoms with Crippen LogP contribution in [0.1, 0.15) is 44.0 Å². The second-order valence-electron chi connectivity index (χ2n) is 5.28. The Morgan fingerprint density at radius 2 is 1.74 bits per heavy atom. The minimum absolute atomic E-state index is 0.0322. The summed E-state index contributed by atoms with van der Waals surface area (Å²) in [5.74, 6) is -0.476. The van der Waals surface area contributed by atoms with E-state index in [2.05, 4.69) is 19.2 Å². The molecule has 0 aliphatic rings. The Labute approximate surface area is 137 Å². The molecule has 0 aliphatic heterocycles. The van der Waals surface area contributed by atoms with Gasteiger partial charge in [-0.05, 0) is 44.0 Å². The summed E-state index contributed by atoms with van der Waals surface area (Å²) >= 11 is 0. The Hall–Kier alpha value is -2.61. The van der Waals surface area contributed by atoms with E-state index in [0.717, 1.165) is 25.9 Å². The summed E-state index contributed by atoms with van der Waals surface area (Å²) in [6.07, 6.45) is 3.51. The molecular formula is C18H23N3O2. The van der Waals surface area contributed by atoms with Gasteiger partial charge in [0.05, 0.1) is 0 Å². The molecule has 0 bridgehead atoms. The van der Waals surface area contributed by atoms with Gasteiger partial charge in [0, 0.05) is 30.5 Å². The van der Waals surface area contributed by atoms with Crippen LogP contribution in [0.25, 0.3) is 0 Å². The number of amides is 1. The van der Waals surface area contributed by atoms with Crippen LogP contribution in [0.3, 0.4) is 0 Å². The molecule has 1 N–H and O–H groups in total. The molecule has 1 aromatic rings. The van der Waals surface area contributed by atoms with Crippen LogP contribution >= 0.6 is 0 Å². The molecule has 0 saturated carbocycles. The van der Waals surface area contributed by atoms with E-state index in [1.165, 1.54) is 6.92 Å². The third-order valence-electron chi connectivity index (χ3n) is 3.25. The van der Waals surface area contributed by atoms with Crippen molar-refractivity contribution >= 4 is 17.4 Å². The molecule has 5 heteroatoms. The quantitative estimate of drug-likeness (QED) is 0.454. The van der Waals surface area contributed by atoms with Crippen molar-refractivity contribution in [2.45, 2.75) is 33.6 Å². The van der Waals surface area contributed by atoms with Crippen LogP contribution in [0.2, 0.25) is 0 Å². The zero-order chi connectivity index (χ0) is 17.2. The van der Waals surface area contributed by atoms with Crippen LogP contribution in [-0.4, -0.2) is 29.7 Å². The lowest BCUT2D eigenvalue weighted by Gasteiger charge is -2.19. The van der Waals surface area contributed by atoms with Gasteiger partial charge in [-0.3, -0.25) is 9.59 Å². The van der Waals surface area contributed by atoms with Crippen molar-refractivity contribution in [3.63, 3.8) is 0 Å². The van der Waals surface area contributed by atoms with Gasteiger partial charge in [-0.15, -0.1) is 0 Å². The molecule has 0 heterocycles. The molecule has 1 rings (SSSR count). The number of carbonyl (C=O) groups is 2. The molecule has 0 radical (unpaired) electrons. The minimum atomic E-state index is -0.444. The number of nitriles is 1. The minimum Gasteiger partial charge on any atom is -0.376 e. The fourth-order valence-electron chi connectivity index (χ4n) is 2.12. The predicted molar refractivity (Wildman–Crippen MR) is 90.9 cm³/mol. The van der Waals surface area contributed by atoms with Crippen LogP contribution in [0, 0.1) is 11.3 Å². The molecule has 23 heavy (non-hydrogen) atoms. The van der Waals surface area contributed by atoms with E-state index in [0.29, 0.717) is 11.3 Å². The van der Waals surface area contributed by atoms with Gasteiger partial charge < -0.3 is 10.2 Å². The summed E-state index contributed by atoms with van der Waals surface area (Å²) in [5, 5.41) is 11.9. The highest BCUT2D eigenvalue weighted by Crippen LogP contribution is 2.12. The Bertz CT molecular complexity index is 606. The molecule has 0 spiro atoms. The van der Waals surface area contributed by atoms with E-state index in [4.69, 9.17) is 0 Å². The Morgan fingerprint density at radius 1 is 1.17 bits per heavy atom. The first-order valence-electron chi connectivity index (χ1n) is 7.80. The fourth-order valence-corrected chi connectivity index (χ4v) is 2.12. The van der Waals surface area contributed by atoms with E-state index in [-0.39, 0.29) is 11.4 Å². The number of anilines is 1. The molecule has 0 fully saturated rings. The Balaban J connectivity index is 2.83. The highest BCUT2D eigenvalue weighted by molar-refractivity contribution is 6.06. The first-order chi connectivity index (χ1) is 11.0. The lowest BCUT2D eigenvalue weighted by Crippen LogP contribution is -2.22. The summed E-state index contributed by atoms with van der Waals surface area (Å²) in [4.78, 5) is 25.4. The van der Waals surface area contributed by atoms with Gasteiger partial charge in [0.15, 0.2) is 5.78 Å². The number of ketones is 1. The molecule has 0 aliphatic carbocycles. The van der Waals surface area contributed by atoms with Crippen molar-refractivity contribution in [2.24, 2.45) is 0 Å². The van der Waals surface area contributed by atoms with Crippen LogP contribution in [-0.2, 0) is 4.79 Å². The van der Waals surface area contributed by atoms with Crippen molar-refractivity contribution in [2.75, 3.05) is 18.4 Å². The molecule has 0 aromatic heterocycles. The molecule has 122 valence electrons. The maximum Gasteiger partial charge on any atom is 0.267 e. The number of hydrogen-bond donors (Lipinski definition) is 1. The van der Waals surface area contributed by atoms with Gasteiger partial charge in [0.25, 0.3) is 5.91 Å².